The zero-order valence-electron chi connectivity index (χ0n) is 24.1. The molecule has 1 aliphatic heterocycles. The maximum atomic E-state index is 12.9. The van der Waals surface area contributed by atoms with Crippen LogP contribution >= 0.6 is 35.0 Å². The maximum absolute atomic E-state index is 12.9. The summed E-state index contributed by atoms with van der Waals surface area (Å²) in [7, 11) is 3.22. The fourth-order valence-electron chi connectivity index (χ4n) is 4.91. The van der Waals surface area contributed by atoms with Crippen LogP contribution in [0.25, 0.3) is 0 Å². The van der Waals surface area contributed by atoms with Crippen LogP contribution in [0.15, 0.2) is 78.0 Å². The van der Waals surface area contributed by atoms with Gasteiger partial charge in [0.25, 0.3) is 5.91 Å². The number of piperazine rings is 1. The van der Waals surface area contributed by atoms with Gasteiger partial charge in [0.15, 0.2) is 16.7 Å². The Balaban J connectivity index is 1.14. The van der Waals surface area contributed by atoms with Crippen molar-refractivity contribution in [2.75, 3.05) is 56.7 Å². The molecular weight excluding hydrogens is 605 g/mol. The van der Waals surface area contributed by atoms with E-state index in [9.17, 15) is 4.79 Å². The van der Waals surface area contributed by atoms with Gasteiger partial charge in [0.2, 0.25) is 0 Å². The molecule has 0 spiro atoms. The SMILES string of the molecule is COc1ccc(CCNC(=O)c2cccc(CSc3nc(Cl)cc(N4CCN(c5ccccc5Cl)CC4)n3)c2)cc1OC. The highest BCUT2D eigenvalue weighted by molar-refractivity contribution is 7.98. The highest BCUT2D eigenvalue weighted by Gasteiger charge is 2.21. The molecule has 0 saturated carbocycles. The molecule has 0 unspecified atom stereocenters. The van der Waals surface area contributed by atoms with Crippen LogP contribution in [0.2, 0.25) is 10.2 Å². The van der Waals surface area contributed by atoms with Crippen molar-refractivity contribution in [2.45, 2.75) is 17.3 Å². The topological polar surface area (TPSA) is 79.8 Å². The molecule has 11 heteroatoms. The molecular formula is C32H33Cl2N5O3S. The molecule has 1 fully saturated rings. The summed E-state index contributed by atoms with van der Waals surface area (Å²) in [4.78, 5) is 26.6. The predicted octanol–water partition coefficient (Wildman–Crippen LogP) is 6.39. The molecule has 1 N–H and O–H groups in total. The van der Waals surface area contributed by atoms with Crippen molar-refractivity contribution < 1.29 is 14.3 Å². The van der Waals surface area contributed by atoms with Gasteiger partial charge in [-0.2, -0.15) is 0 Å². The van der Waals surface area contributed by atoms with Crippen LogP contribution in [0.3, 0.4) is 0 Å². The van der Waals surface area contributed by atoms with Gasteiger partial charge < -0.3 is 24.6 Å². The van der Waals surface area contributed by atoms with E-state index in [1.54, 1.807) is 14.2 Å². The van der Waals surface area contributed by atoms with E-state index < -0.39 is 0 Å². The third-order valence-corrected chi connectivity index (χ3v) is 8.59. The first-order chi connectivity index (χ1) is 20.9. The van der Waals surface area contributed by atoms with E-state index in [4.69, 9.17) is 37.7 Å². The second kappa shape index (κ2) is 14.7. The number of methoxy groups -OCH3 is 2. The van der Waals surface area contributed by atoms with Crippen molar-refractivity contribution >= 4 is 52.4 Å². The molecule has 224 valence electrons. The smallest absolute Gasteiger partial charge is 0.251 e. The van der Waals surface area contributed by atoms with Crippen molar-refractivity contribution in [1.29, 1.82) is 0 Å². The number of hydrogen-bond acceptors (Lipinski definition) is 8. The molecule has 1 aromatic heterocycles. The van der Waals surface area contributed by atoms with Crippen LogP contribution in [-0.4, -0.2) is 62.8 Å². The molecule has 1 aliphatic rings. The highest BCUT2D eigenvalue weighted by atomic mass is 35.5. The van der Waals surface area contributed by atoms with Crippen LogP contribution in [0, 0.1) is 0 Å². The molecule has 8 nitrogen and oxygen atoms in total. The summed E-state index contributed by atoms with van der Waals surface area (Å²) in [5.74, 6) is 2.64. The number of carbonyl (C=O) groups is 1. The van der Waals surface area contributed by atoms with Crippen molar-refractivity contribution in [2.24, 2.45) is 0 Å². The fraction of sp³-hybridized carbons (Fsp3) is 0.281. The zero-order valence-corrected chi connectivity index (χ0v) is 26.4. The Morgan fingerprint density at radius 3 is 2.40 bits per heavy atom. The number of halogens is 2. The summed E-state index contributed by atoms with van der Waals surface area (Å²) in [5.41, 5.74) is 3.70. The van der Waals surface area contributed by atoms with Crippen molar-refractivity contribution in [1.82, 2.24) is 15.3 Å². The lowest BCUT2D eigenvalue weighted by Crippen LogP contribution is -2.47. The quantitative estimate of drug-likeness (QED) is 0.115. The van der Waals surface area contributed by atoms with Crippen LogP contribution < -0.4 is 24.6 Å². The van der Waals surface area contributed by atoms with E-state index in [-0.39, 0.29) is 5.91 Å². The summed E-state index contributed by atoms with van der Waals surface area (Å²) in [6, 6.07) is 23.1. The largest absolute Gasteiger partial charge is 0.493 e. The highest BCUT2D eigenvalue weighted by Crippen LogP contribution is 2.30. The van der Waals surface area contributed by atoms with Gasteiger partial charge in [0.1, 0.15) is 11.0 Å². The predicted molar refractivity (Wildman–Crippen MR) is 175 cm³/mol. The van der Waals surface area contributed by atoms with E-state index in [1.807, 2.05) is 72.8 Å². The van der Waals surface area contributed by atoms with E-state index >= 15 is 0 Å². The second-order valence-electron chi connectivity index (χ2n) is 9.94. The molecule has 0 atom stereocenters. The van der Waals surface area contributed by atoms with Gasteiger partial charge in [-0.3, -0.25) is 4.79 Å². The standard InChI is InChI=1S/C32H33Cl2N5O3S/c1-41-27-11-10-22(19-28(27)42-2)12-13-35-31(40)24-7-5-6-23(18-24)21-43-32-36-29(34)20-30(37-32)39-16-14-38(15-17-39)26-9-4-3-8-25(26)33/h3-11,18-20H,12-17,21H2,1-2H3,(H,35,40). The van der Waals surface area contributed by atoms with Gasteiger partial charge in [-0.05, 0) is 53.9 Å². The number of aromatic nitrogens is 2. The third-order valence-electron chi connectivity index (χ3n) is 7.16. The monoisotopic (exact) mass is 637 g/mol. The minimum atomic E-state index is -0.121. The van der Waals surface area contributed by atoms with Crippen LogP contribution in [0.4, 0.5) is 11.5 Å². The Bertz CT molecular complexity index is 1570. The number of ether oxygens (including phenoxy) is 2. The van der Waals surface area contributed by atoms with Crippen LogP contribution in [0.1, 0.15) is 21.5 Å². The summed E-state index contributed by atoms with van der Waals surface area (Å²) in [6.45, 7) is 3.75. The maximum Gasteiger partial charge on any atom is 0.251 e. The number of thioether (sulfide) groups is 1. The van der Waals surface area contributed by atoms with Gasteiger partial charge in [-0.25, -0.2) is 9.97 Å². The number of nitrogens with one attached hydrogen (secondary N) is 1. The lowest BCUT2D eigenvalue weighted by atomic mass is 10.1. The molecule has 0 bridgehead atoms. The number of hydrogen-bond donors (Lipinski definition) is 1. The zero-order chi connectivity index (χ0) is 30.2. The molecule has 5 rings (SSSR count). The lowest BCUT2D eigenvalue weighted by Gasteiger charge is -2.37. The fourth-order valence-corrected chi connectivity index (χ4v) is 6.18. The van der Waals surface area contributed by atoms with Gasteiger partial charge in [0.05, 0.1) is 24.9 Å². The minimum absolute atomic E-state index is 0.121. The average molecular weight is 639 g/mol. The molecule has 43 heavy (non-hydrogen) atoms. The first kappa shape index (κ1) is 30.8. The molecule has 2 heterocycles. The summed E-state index contributed by atoms with van der Waals surface area (Å²) < 4.78 is 10.7. The molecule has 4 aromatic rings. The molecule has 1 saturated heterocycles. The number of carbonyl (C=O) groups excluding carboxylic acids is 1. The number of amides is 1. The first-order valence-corrected chi connectivity index (χ1v) is 15.7. The van der Waals surface area contributed by atoms with E-state index in [0.717, 1.165) is 53.8 Å². The van der Waals surface area contributed by atoms with Crippen molar-refractivity contribution in [3.05, 3.63) is 99.7 Å². The normalized spacial score (nSPS) is 13.1. The van der Waals surface area contributed by atoms with E-state index in [1.165, 1.54) is 11.8 Å². The number of anilines is 2. The van der Waals surface area contributed by atoms with Crippen LogP contribution in [-0.2, 0) is 12.2 Å². The minimum Gasteiger partial charge on any atom is -0.493 e. The van der Waals surface area contributed by atoms with Crippen molar-refractivity contribution in [3.8, 4) is 11.5 Å². The average Bonchev–Trinajstić information content (AvgIpc) is 3.04. The number of para-hydroxylation sites is 1. The number of nitrogens with zero attached hydrogens (tertiary/aromatic N) is 4. The number of rotatable bonds is 11. The summed E-state index contributed by atoms with van der Waals surface area (Å²) in [6.07, 6.45) is 0.672. The van der Waals surface area contributed by atoms with Gasteiger partial charge in [0, 0.05) is 50.1 Å². The molecule has 3 aromatic carbocycles. The Morgan fingerprint density at radius 1 is 0.860 bits per heavy atom. The Labute approximate surface area is 266 Å². The Kier molecular flexibility index (Phi) is 10.5. The van der Waals surface area contributed by atoms with Gasteiger partial charge >= 0.3 is 0 Å². The number of benzene rings is 3. The van der Waals surface area contributed by atoms with Gasteiger partial charge in [-0.15, -0.1) is 0 Å². The first-order valence-electron chi connectivity index (χ1n) is 13.9. The molecule has 0 radical (unpaired) electrons. The van der Waals surface area contributed by atoms with Crippen molar-refractivity contribution in [3.63, 3.8) is 0 Å². The Morgan fingerprint density at radius 2 is 1.63 bits per heavy atom. The molecule has 1 amide bonds. The van der Waals surface area contributed by atoms with E-state index in [2.05, 4.69) is 20.1 Å². The van der Waals surface area contributed by atoms with Crippen LogP contribution in [0.5, 0.6) is 11.5 Å². The second-order valence-corrected chi connectivity index (χ2v) is 11.7. The summed E-state index contributed by atoms with van der Waals surface area (Å²) >= 11 is 14.3. The van der Waals surface area contributed by atoms with E-state index in [0.29, 0.717) is 46.1 Å². The van der Waals surface area contributed by atoms with Gasteiger partial charge in [-0.1, -0.05) is 65.3 Å². The third kappa shape index (κ3) is 8.04. The molecule has 0 aliphatic carbocycles. The lowest BCUT2D eigenvalue weighted by molar-refractivity contribution is 0.0954. The summed E-state index contributed by atoms with van der Waals surface area (Å²) in [5, 5.41) is 4.77. The Hall–Kier alpha value is -3.66.